The van der Waals surface area contributed by atoms with Crippen LogP contribution in [0.5, 0.6) is 0 Å². The van der Waals surface area contributed by atoms with Crippen molar-refractivity contribution in [3.63, 3.8) is 0 Å². The highest BCUT2D eigenvalue weighted by molar-refractivity contribution is 5.95. The molecule has 6 heteroatoms. The van der Waals surface area contributed by atoms with Gasteiger partial charge in [-0.1, -0.05) is 42.5 Å². The number of hydrogen-bond donors (Lipinski definition) is 2. The SMILES string of the molecule is CN(C)c1ccc([C@@H](CNC(=O)Cc2ccc(N3CCCC3=O)cc2)c2c[nH]c3ccccc23)cc1. The summed E-state index contributed by atoms with van der Waals surface area (Å²) in [6, 6.07) is 24.5. The molecule has 2 amide bonds. The zero-order valence-corrected chi connectivity index (χ0v) is 20.8. The van der Waals surface area contributed by atoms with E-state index in [0.29, 0.717) is 19.4 Å². The number of carbonyl (C=O) groups excluding carboxylic acids is 2. The van der Waals surface area contributed by atoms with E-state index < -0.39 is 0 Å². The number of benzene rings is 3. The van der Waals surface area contributed by atoms with E-state index in [-0.39, 0.29) is 17.7 Å². The lowest BCUT2D eigenvalue weighted by atomic mass is 9.90. The van der Waals surface area contributed by atoms with Crippen molar-refractivity contribution in [1.29, 1.82) is 0 Å². The first kappa shape index (κ1) is 23.7. The molecule has 0 radical (unpaired) electrons. The average Bonchev–Trinajstić information content (AvgIpc) is 3.51. The van der Waals surface area contributed by atoms with Crippen molar-refractivity contribution >= 4 is 34.1 Å². The Hall–Kier alpha value is -4.06. The highest BCUT2D eigenvalue weighted by Crippen LogP contribution is 2.31. The molecule has 2 heterocycles. The van der Waals surface area contributed by atoms with Crippen LogP contribution in [0.3, 0.4) is 0 Å². The Morgan fingerprint density at radius 2 is 1.78 bits per heavy atom. The Morgan fingerprint density at radius 1 is 1.03 bits per heavy atom. The van der Waals surface area contributed by atoms with Gasteiger partial charge in [-0.25, -0.2) is 0 Å². The second-order valence-electron chi connectivity index (χ2n) is 9.62. The van der Waals surface area contributed by atoms with Gasteiger partial charge in [0, 0.05) is 68.0 Å². The first-order valence-corrected chi connectivity index (χ1v) is 12.5. The molecule has 0 bridgehead atoms. The van der Waals surface area contributed by atoms with Crippen molar-refractivity contribution in [3.8, 4) is 0 Å². The third-order valence-electron chi connectivity index (χ3n) is 7.00. The minimum atomic E-state index is -0.0187. The third-order valence-corrected chi connectivity index (χ3v) is 7.00. The molecule has 0 aliphatic carbocycles. The minimum Gasteiger partial charge on any atom is -0.378 e. The molecule has 184 valence electrons. The number of anilines is 2. The fourth-order valence-electron chi connectivity index (χ4n) is 4.97. The van der Waals surface area contributed by atoms with E-state index in [1.807, 2.05) is 55.4 Å². The molecular weight excluding hydrogens is 448 g/mol. The predicted octanol–water partition coefficient (Wildman–Crippen LogP) is 4.85. The number of para-hydroxylation sites is 1. The van der Waals surface area contributed by atoms with Gasteiger partial charge in [-0.05, 0) is 53.4 Å². The minimum absolute atomic E-state index is 0.0184. The number of H-pyrrole nitrogens is 1. The fraction of sp³-hybridized carbons (Fsp3) is 0.267. The fourth-order valence-corrected chi connectivity index (χ4v) is 4.97. The van der Waals surface area contributed by atoms with Crippen LogP contribution < -0.4 is 15.1 Å². The molecule has 1 fully saturated rings. The summed E-state index contributed by atoms with van der Waals surface area (Å²) in [5, 5.41) is 4.34. The van der Waals surface area contributed by atoms with Gasteiger partial charge in [-0.2, -0.15) is 0 Å². The summed E-state index contributed by atoms with van der Waals surface area (Å²) in [7, 11) is 4.06. The first-order chi connectivity index (χ1) is 17.5. The smallest absolute Gasteiger partial charge is 0.227 e. The van der Waals surface area contributed by atoms with Crippen LogP contribution in [0.2, 0.25) is 0 Å². The number of rotatable bonds is 8. The van der Waals surface area contributed by atoms with Crippen LogP contribution in [0.1, 0.15) is 35.4 Å². The molecule has 0 spiro atoms. The van der Waals surface area contributed by atoms with E-state index in [1.165, 1.54) is 10.9 Å². The van der Waals surface area contributed by atoms with Crippen LogP contribution in [0.15, 0.2) is 79.0 Å². The maximum Gasteiger partial charge on any atom is 0.227 e. The van der Waals surface area contributed by atoms with Gasteiger partial charge < -0.3 is 20.1 Å². The molecule has 1 saturated heterocycles. The molecule has 36 heavy (non-hydrogen) atoms. The van der Waals surface area contributed by atoms with Gasteiger partial charge in [-0.3, -0.25) is 9.59 Å². The van der Waals surface area contributed by atoms with Crippen LogP contribution in [-0.2, 0) is 16.0 Å². The molecule has 1 atom stereocenters. The molecule has 0 unspecified atom stereocenters. The Kier molecular flexibility index (Phi) is 6.76. The Morgan fingerprint density at radius 3 is 2.47 bits per heavy atom. The number of amides is 2. The van der Waals surface area contributed by atoms with E-state index in [4.69, 9.17) is 0 Å². The lowest BCUT2D eigenvalue weighted by Gasteiger charge is -2.20. The van der Waals surface area contributed by atoms with Gasteiger partial charge in [0.05, 0.1) is 6.42 Å². The molecule has 2 N–H and O–H groups in total. The highest BCUT2D eigenvalue weighted by atomic mass is 16.2. The van der Waals surface area contributed by atoms with Crippen molar-refractivity contribution in [3.05, 3.63) is 95.7 Å². The van der Waals surface area contributed by atoms with Gasteiger partial charge >= 0.3 is 0 Å². The van der Waals surface area contributed by atoms with Crippen LogP contribution in [0, 0.1) is 0 Å². The molecule has 1 aliphatic rings. The Bertz CT molecular complexity index is 1360. The molecule has 3 aromatic carbocycles. The quantitative estimate of drug-likeness (QED) is 0.379. The Labute approximate surface area is 211 Å². The molecule has 0 saturated carbocycles. The van der Waals surface area contributed by atoms with Crippen molar-refractivity contribution < 1.29 is 9.59 Å². The largest absolute Gasteiger partial charge is 0.378 e. The van der Waals surface area contributed by atoms with Gasteiger partial charge in [-0.15, -0.1) is 0 Å². The summed E-state index contributed by atoms with van der Waals surface area (Å²) in [5.41, 5.74) is 6.39. The normalized spacial score (nSPS) is 14.3. The summed E-state index contributed by atoms with van der Waals surface area (Å²) in [6.45, 7) is 1.27. The predicted molar refractivity (Wildman–Crippen MR) is 146 cm³/mol. The van der Waals surface area contributed by atoms with E-state index >= 15 is 0 Å². The summed E-state index contributed by atoms with van der Waals surface area (Å²) >= 11 is 0. The van der Waals surface area contributed by atoms with Crippen LogP contribution >= 0.6 is 0 Å². The number of nitrogens with one attached hydrogen (secondary N) is 2. The summed E-state index contributed by atoms with van der Waals surface area (Å²) in [5.74, 6) is 0.169. The van der Waals surface area contributed by atoms with E-state index in [9.17, 15) is 9.59 Å². The zero-order chi connectivity index (χ0) is 25.1. The molecule has 6 nitrogen and oxygen atoms in total. The van der Waals surface area contributed by atoms with Gasteiger partial charge in [0.25, 0.3) is 0 Å². The van der Waals surface area contributed by atoms with E-state index in [2.05, 4.69) is 57.8 Å². The van der Waals surface area contributed by atoms with Crippen LogP contribution in [0.25, 0.3) is 10.9 Å². The van der Waals surface area contributed by atoms with Crippen molar-refractivity contribution in [2.24, 2.45) is 0 Å². The topological polar surface area (TPSA) is 68.4 Å². The molecule has 4 aromatic rings. The van der Waals surface area contributed by atoms with E-state index in [1.54, 1.807) is 0 Å². The second-order valence-corrected chi connectivity index (χ2v) is 9.62. The standard InChI is InChI=1S/C30H32N4O2/c1-33(2)23-15-11-22(12-16-23)26(27-20-31-28-7-4-3-6-25(27)28)19-32-29(35)18-21-9-13-24(14-10-21)34-17-5-8-30(34)36/h3-4,6-7,9-16,20,26,31H,5,8,17-19H2,1-2H3,(H,32,35)/t26-/m1/s1. The van der Waals surface area contributed by atoms with Crippen LogP contribution in [-0.4, -0.2) is 44.0 Å². The summed E-state index contributed by atoms with van der Waals surface area (Å²) in [6.07, 6.45) is 3.87. The molecule has 1 aliphatic heterocycles. The second kappa shape index (κ2) is 10.3. The highest BCUT2D eigenvalue weighted by Gasteiger charge is 2.22. The van der Waals surface area contributed by atoms with Gasteiger partial charge in [0.15, 0.2) is 0 Å². The number of hydrogen-bond acceptors (Lipinski definition) is 3. The van der Waals surface area contributed by atoms with Crippen molar-refractivity contribution in [1.82, 2.24) is 10.3 Å². The number of aromatic amines is 1. The number of fused-ring (bicyclic) bond motifs is 1. The third kappa shape index (κ3) is 4.98. The molecule has 5 rings (SSSR count). The average molecular weight is 481 g/mol. The monoisotopic (exact) mass is 480 g/mol. The maximum atomic E-state index is 12.9. The number of carbonyl (C=O) groups is 2. The first-order valence-electron chi connectivity index (χ1n) is 12.5. The number of aromatic nitrogens is 1. The zero-order valence-electron chi connectivity index (χ0n) is 20.8. The van der Waals surface area contributed by atoms with Crippen LogP contribution in [0.4, 0.5) is 11.4 Å². The molecular formula is C30H32N4O2. The summed E-state index contributed by atoms with van der Waals surface area (Å²) < 4.78 is 0. The molecule has 1 aromatic heterocycles. The lowest BCUT2D eigenvalue weighted by molar-refractivity contribution is -0.120. The lowest BCUT2D eigenvalue weighted by Crippen LogP contribution is -2.30. The van der Waals surface area contributed by atoms with Gasteiger partial charge in [0.1, 0.15) is 0 Å². The van der Waals surface area contributed by atoms with Crippen molar-refractivity contribution in [2.45, 2.75) is 25.2 Å². The Balaban J connectivity index is 1.31. The maximum absolute atomic E-state index is 12.9. The summed E-state index contributed by atoms with van der Waals surface area (Å²) in [4.78, 5) is 32.2. The van der Waals surface area contributed by atoms with Crippen molar-refractivity contribution in [2.75, 3.05) is 37.0 Å². The van der Waals surface area contributed by atoms with Gasteiger partial charge in [0.2, 0.25) is 11.8 Å². The number of nitrogens with zero attached hydrogens (tertiary/aromatic N) is 2. The van der Waals surface area contributed by atoms with E-state index in [0.717, 1.165) is 41.0 Å².